The topological polar surface area (TPSA) is 171 Å². The van der Waals surface area contributed by atoms with Crippen LogP contribution in [-0.2, 0) is 0 Å². The van der Waals surface area contributed by atoms with Crippen LogP contribution in [0.15, 0.2) is 151 Å². The van der Waals surface area contributed by atoms with Crippen LogP contribution in [0.1, 0.15) is 5.56 Å². The van der Waals surface area contributed by atoms with Crippen molar-refractivity contribution in [2.45, 2.75) is 0 Å². The number of ether oxygens (including phenoxy) is 2. The Morgan fingerprint density at radius 3 is 1.74 bits per heavy atom. The van der Waals surface area contributed by atoms with E-state index in [2.05, 4.69) is 5.43 Å². The first-order valence-corrected chi connectivity index (χ1v) is 17.2. The summed E-state index contributed by atoms with van der Waals surface area (Å²) >= 11 is 0. The van der Waals surface area contributed by atoms with Crippen LogP contribution in [-0.4, -0.2) is 44.9 Å². The second-order valence-corrected chi connectivity index (χ2v) is 12.4. The van der Waals surface area contributed by atoms with Crippen LogP contribution in [0.3, 0.4) is 0 Å². The second-order valence-electron chi connectivity index (χ2n) is 12.4. The van der Waals surface area contributed by atoms with Crippen molar-refractivity contribution in [1.29, 1.82) is 0 Å². The smallest absolute Gasteiger partial charge is 0.340 e. The lowest BCUT2D eigenvalue weighted by Crippen LogP contribution is -3.10. The molecule has 0 radical (unpaired) electrons. The number of nitrogens with one attached hydrogen (secondary N) is 2. The Hall–Kier alpha value is -7.40. The summed E-state index contributed by atoms with van der Waals surface area (Å²) in [7, 11) is 3.15. The molecule has 0 bridgehead atoms. The number of methoxy groups -OCH3 is 2. The normalized spacial score (nSPS) is 13.0. The molecular formula is C40H32Cl2N10O6. The molecule has 0 fully saturated rings. The number of tetrazole rings is 1. The van der Waals surface area contributed by atoms with Gasteiger partial charge in [-0.05, 0) is 92.9 Å². The van der Waals surface area contributed by atoms with Crippen molar-refractivity contribution in [2.24, 2.45) is 5.10 Å². The van der Waals surface area contributed by atoms with Crippen molar-refractivity contribution in [3.63, 3.8) is 0 Å². The summed E-state index contributed by atoms with van der Waals surface area (Å²) in [6.45, 7) is 0. The van der Waals surface area contributed by atoms with E-state index in [0.29, 0.717) is 51.0 Å². The molecular weight excluding hydrogens is 787 g/mol. The van der Waals surface area contributed by atoms with Crippen LogP contribution >= 0.6 is 0 Å². The molecule has 1 aliphatic rings. The largest absolute Gasteiger partial charge is 1.00 e. The zero-order chi connectivity index (χ0) is 38.8. The van der Waals surface area contributed by atoms with Gasteiger partial charge in [-0.3, -0.25) is 20.2 Å². The third kappa shape index (κ3) is 7.83. The maximum absolute atomic E-state index is 11.4. The summed E-state index contributed by atoms with van der Waals surface area (Å²) in [6, 6.07) is 42.8. The van der Waals surface area contributed by atoms with Crippen molar-refractivity contribution < 1.29 is 54.0 Å². The van der Waals surface area contributed by atoms with E-state index in [1.165, 1.54) is 24.3 Å². The Bertz CT molecular complexity index is 2610. The third-order valence-corrected chi connectivity index (χ3v) is 9.07. The minimum Gasteiger partial charge on any atom is -1.00 e. The van der Waals surface area contributed by atoms with E-state index in [9.17, 15) is 20.2 Å². The van der Waals surface area contributed by atoms with Crippen molar-refractivity contribution in [3.8, 4) is 45.4 Å². The molecule has 6 aromatic carbocycles. The molecule has 0 aliphatic carbocycles. The highest BCUT2D eigenvalue weighted by molar-refractivity contribution is 5.99. The summed E-state index contributed by atoms with van der Waals surface area (Å²) in [5.74, 6) is 2.06. The van der Waals surface area contributed by atoms with E-state index in [1.54, 1.807) is 53.2 Å². The number of amidine groups is 1. The minimum atomic E-state index is -0.453. The zero-order valence-electron chi connectivity index (χ0n) is 30.6. The molecule has 1 unspecified atom stereocenters. The summed E-state index contributed by atoms with van der Waals surface area (Å²) in [5, 5.41) is 39.6. The number of hydrogen-bond acceptors (Lipinski definition) is 11. The first-order valence-electron chi connectivity index (χ1n) is 17.2. The first-order chi connectivity index (χ1) is 27.3. The fourth-order valence-electron chi connectivity index (χ4n) is 6.25. The number of aromatic nitrogens is 4. The molecule has 1 atom stereocenters. The zero-order valence-corrected chi connectivity index (χ0v) is 32.2. The van der Waals surface area contributed by atoms with Crippen molar-refractivity contribution in [2.75, 3.05) is 19.3 Å². The number of nitro benzene ring substituents is 2. The van der Waals surface area contributed by atoms with E-state index in [1.807, 2.05) is 97.1 Å². The average molecular weight is 820 g/mol. The molecule has 292 valence electrons. The average Bonchev–Trinajstić information content (AvgIpc) is 3.90. The summed E-state index contributed by atoms with van der Waals surface area (Å²) in [4.78, 5) is 25.0. The van der Waals surface area contributed by atoms with Gasteiger partial charge < -0.3 is 34.3 Å². The Morgan fingerprint density at radius 2 is 1.17 bits per heavy atom. The number of nitro groups is 2. The molecule has 1 aromatic heterocycles. The van der Waals surface area contributed by atoms with E-state index in [0.717, 1.165) is 22.3 Å². The molecule has 7 aromatic rings. The van der Waals surface area contributed by atoms with Gasteiger partial charge in [0.15, 0.2) is 11.5 Å². The lowest BCUT2D eigenvalue weighted by Gasteiger charge is -2.23. The highest BCUT2D eigenvalue weighted by Crippen LogP contribution is 2.33. The Kier molecular flexibility index (Phi) is 11.9. The van der Waals surface area contributed by atoms with Crippen LogP contribution in [0.5, 0.6) is 11.5 Å². The second kappa shape index (κ2) is 17.2. The molecule has 0 spiro atoms. The Morgan fingerprint density at radius 1 is 0.638 bits per heavy atom. The number of non-ortho nitro benzene ring substituents is 2. The van der Waals surface area contributed by atoms with Gasteiger partial charge >= 0.3 is 5.82 Å². The SMILES string of the molecule is COc1cc(-c2ccc([NH+]3N=C(c4ccccc4)NN3c3ccc([N+](=O)[O-])cc3)c(OC)c2)ccc1-[n+]1nc(-c2ccccc2)nn1-c1ccc([N+](=O)[O-])cc1.[Cl-].[Cl-]. The molecule has 16 nitrogen and oxygen atoms in total. The molecule has 18 heteroatoms. The van der Waals surface area contributed by atoms with Crippen LogP contribution in [0.2, 0.25) is 0 Å². The summed E-state index contributed by atoms with van der Waals surface area (Å²) < 4.78 is 11.9. The number of halogens is 2. The van der Waals surface area contributed by atoms with Crippen molar-refractivity contribution in [1.82, 2.24) is 20.4 Å². The van der Waals surface area contributed by atoms with E-state index in [-0.39, 0.29) is 36.2 Å². The molecule has 0 saturated heterocycles. The van der Waals surface area contributed by atoms with Crippen molar-refractivity contribution in [3.05, 3.63) is 171 Å². The quantitative estimate of drug-likeness (QED) is 0.0990. The van der Waals surface area contributed by atoms with E-state index < -0.39 is 9.85 Å². The predicted octanol–water partition coefficient (Wildman–Crippen LogP) is -0.462. The van der Waals surface area contributed by atoms with Gasteiger partial charge in [0, 0.05) is 40.7 Å². The highest BCUT2D eigenvalue weighted by Gasteiger charge is 2.35. The molecule has 2 heterocycles. The lowest BCUT2D eigenvalue weighted by molar-refractivity contribution is -0.846. The molecule has 8 rings (SSSR count). The number of benzene rings is 6. The van der Waals surface area contributed by atoms with E-state index in [4.69, 9.17) is 24.8 Å². The van der Waals surface area contributed by atoms with Crippen LogP contribution < -0.4 is 54.7 Å². The molecule has 0 amide bonds. The number of anilines is 1. The Balaban J connectivity index is 0.00000283. The third-order valence-electron chi connectivity index (χ3n) is 9.07. The minimum absolute atomic E-state index is 0. The van der Waals surface area contributed by atoms with E-state index >= 15 is 0 Å². The van der Waals surface area contributed by atoms with Gasteiger partial charge in [0.2, 0.25) is 17.2 Å². The van der Waals surface area contributed by atoms with Gasteiger partial charge in [-0.1, -0.05) is 58.8 Å². The van der Waals surface area contributed by atoms with Crippen LogP contribution in [0.4, 0.5) is 22.7 Å². The maximum Gasteiger partial charge on any atom is 0.340 e. The van der Waals surface area contributed by atoms with Gasteiger partial charge in [0.25, 0.3) is 11.4 Å². The monoisotopic (exact) mass is 818 g/mol. The molecule has 1 aliphatic heterocycles. The van der Waals surface area contributed by atoms with Gasteiger partial charge in [-0.25, -0.2) is 5.43 Å². The van der Waals surface area contributed by atoms with Crippen LogP contribution in [0.25, 0.3) is 33.9 Å². The molecule has 0 saturated carbocycles. The van der Waals surface area contributed by atoms with Gasteiger partial charge in [-0.2, -0.15) is 0 Å². The maximum atomic E-state index is 11.4. The van der Waals surface area contributed by atoms with Gasteiger partial charge in [0.05, 0.1) is 34.7 Å². The lowest BCUT2D eigenvalue weighted by atomic mass is 10.0. The van der Waals surface area contributed by atoms with Gasteiger partial charge in [0.1, 0.15) is 11.4 Å². The number of hydrazine groups is 1. The van der Waals surface area contributed by atoms with Crippen LogP contribution in [0, 0.1) is 20.2 Å². The fourth-order valence-corrected chi connectivity index (χ4v) is 6.25. The molecule has 2 N–H and O–H groups in total. The number of hydrogen-bond donors (Lipinski definition) is 2. The standard InChI is InChI=1S/C40H31N10O6.2ClH/c1-55-37-25-29(13-23-35(37)47-43-39(27-9-5-3-6-10-27)41-45(47)31-15-19-33(20-16-31)49(51)52)30-14-24-36(38(26-30)56-2)48-44-40(28-11-7-4-8-12-28)42-46(48)32-17-21-34(22-18-32)50(53)54;;/h3-26H,1-2H3,(H,41,43);2*1H/q+1;;/p-1. The Labute approximate surface area is 343 Å². The predicted molar refractivity (Wildman–Crippen MR) is 206 cm³/mol. The summed E-state index contributed by atoms with van der Waals surface area (Å²) in [5.41, 5.74) is 9.00. The molecule has 58 heavy (non-hydrogen) atoms. The van der Waals surface area contributed by atoms with Gasteiger partial charge in [-0.15, -0.1) is 0 Å². The first kappa shape index (κ1) is 40.3. The number of nitrogens with zero attached hydrogens (tertiary/aromatic N) is 8. The summed E-state index contributed by atoms with van der Waals surface area (Å²) in [6.07, 6.45) is 0. The fraction of sp³-hybridized carbons (Fsp3) is 0.0500. The number of quaternary nitrogens is 1. The van der Waals surface area contributed by atoms with Crippen molar-refractivity contribution >= 4 is 28.6 Å². The highest BCUT2D eigenvalue weighted by atomic mass is 35.5. The number of rotatable bonds is 11.